The Morgan fingerprint density at radius 3 is 2.79 bits per heavy atom. The fourth-order valence-electron chi connectivity index (χ4n) is 3.95. The van der Waals surface area contributed by atoms with Gasteiger partial charge in [0.1, 0.15) is 6.33 Å². The van der Waals surface area contributed by atoms with Crippen molar-refractivity contribution in [2.24, 2.45) is 10.7 Å². The van der Waals surface area contributed by atoms with Crippen molar-refractivity contribution in [3.05, 3.63) is 47.2 Å². The zero-order valence-corrected chi connectivity index (χ0v) is 19.7. The maximum absolute atomic E-state index is 6.29. The van der Waals surface area contributed by atoms with E-state index in [0.29, 0.717) is 45.5 Å². The molecule has 4 rings (SSSR count). The van der Waals surface area contributed by atoms with Crippen LogP contribution in [0.2, 0.25) is 5.02 Å². The van der Waals surface area contributed by atoms with Gasteiger partial charge in [-0.25, -0.2) is 9.97 Å². The number of likely N-dealkylation sites (tertiary alicyclic amines) is 1. The fourth-order valence-corrected chi connectivity index (χ4v) is 4.22. The second-order valence-electron chi connectivity index (χ2n) is 8.02. The van der Waals surface area contributed by atoms with Crippen molar-refractivity contribution in [1.82, 2.24) is 14.9 Å². The Bertz CT molecular complexity index is 1130. The van der Waals surface area contributed by atoms with Crippen molar-refractivity contribution in [2.45, 2.75) is 26.2 Å². The monoisotopic (exact) mass is 468 g/mol. The van der Waals surface area contributed by atoms with E-state index in [9.17, 15) is 0 Å². The molecule has 0 unspecified atom stereocenters. The normalized spacial score (nSPS) is 14.6. The van der Waals surface area contributed by atoms with Crippen LogP contribution in [0.3, 0.4) is 0 Å². The summed E-state index contributed by atoms with van der Waals surface area (Å²) in [5, 5.41) is 4.34. The van der Waals surface area contributed by atoms with E-state index in [0.717, 1.165) is 18.5 Å². The van der Waals surface area contributed by atoms with Crippen molar-refractivity contribution in [3.63, 3.8) is 0 Å². The fraction of sp³-hybridized carbons (Fsp3) is 0.375. The molecule has 0 spiro atoms. The number of nitrogens with two attached hydrogens (primary N) is 1. The van der Waals surface area contributed by atoms with E-state index >= 15 is 0 Å². The number of aliphatic imine (C=N–C) groups is 1. The summed E-state index contributed by atoms with van der Waals surface area (Å²) in [4.78, 5) is 15.6. The number of nitrogens with zero attached hydrogens (tertiary/aromatic N) is 4. The molecule has 174 valence electrons. The minimum atomic E-state index is 0.174. The smallest absolute Gasteiger partial charge is 0.199 e. The van der Waals surface area contributed by atoms with Gasteiger partial charge in [-0.3, -0.25) is 0 Å². The van der Waals surface area contributed by atoms with Gasteiger partial charge in [0.05, 0.1) is 29.9 Å². The lowest BCUT2D eigenvalue weighted by Crippen LogP contribution is -2.22. The number of guanidine groups is 1. The molecule has 0 amide bonds. The van der Waals surface area contributed by atoms with Gasteiger partial charge in [-0.1, -0.05) is 23.7 Å². The van der Waals surface area contributed by atoms with Gasteiger partial charge in [0.15, 0.2) is 23.3 Å². The molecule has 33 heavy (non-hydrogen) atoms. The van der Waals surface area contributed by atoms with E-state index in [1.807, 2.05) is 31.2 Å². The van der Waals surface area contributed by atoms with Crippen LogP contribution in [-0.2, 0) is 0 Å². The first-order chi connectivity index (χ1) is 16.0. The Labute approximate surface area is 198 Å². The first-order valence-electron chi connectivity index (χ1n) is 11.1. The Morgan fingerprint density at radius 1 is 1.21 bits per heavy atom. The van der Waals surface area contributed by atoms with Gasteiger partial charge in [0.25, 0.3) is 0 Å². The van der Waals surface area contributed by atoms with Crippen molar-refractivity contribution in [2.75, 3.05) is 38.7 Å². The van der Waals surface area contributed by atoms with Crippen molar-refractivity contribution >= 4 is 40.0 Å². The van der Waals surface area contributed by atoms with Crippen LogP contribution in [0.25, 0.3) is 10.9 Å². The molecule has 0 aliphatic carbocycles. The lowest BCUT2D eigenvalue weighted by atomic mass is 10.2. The third kappa shape index (κ3) is 5.64. The molecule has 9 heteroatoms. The standard InChI is InChI=1S/C24H29ClN6O2/c1-16-7-5-8-18(25)22(16)29-24(26)30-23-17-13-20(32-2)21(14-19(17)27-15-28-23)33-12-6-11-31-9-3-4-10-31/h5,7-8,13-15H,3-4,6,9-12H2,1-2H3,(H3,26,27,28,29,30). The third-order valence-corrected chi connectivity index (χ3v) is 5.99. The molecule has 1 aromatic heterocycles. The highest BCUT2D eigenvalue weighted by atomic mass is 35.5. The largest absolute Gasteiger partial charge is 0.493 e. The second-order valence-corrected chi connectivity index (χ2v) is 8.43. The van der Waals surface area contributed by atoms with E-state index < -0.39 is 0 Å². The molecule has 2 aromatic carbocycles. The Kier molecular flexibility index (Phi) is 7.47. The number of ether oxygens (including phenoxy) is 2. The number of aryl methyl sites for hydroxylation is 1. The maximum atomic E-state index is 6.29. The van der Waals surface area contributed by atoms with Crippen LogP contribution in [0, 0.1) is 6.92 Å². The van der Waals surface area contributed by atoms with Gasteiger partial charge in [-0.05, 0) is 57.0 Å². The van der Waals surface area contributed by atoms with Crippen molar-refractivity contribution in [3.8, 4) is 11.5 Å². The van der Waals surface area contributed by atoms with E-state index in [2.05, 4.69) is 25.2 Å². The van der Waals surface area contributed by atoms with E-state index in [1.54, 1.807) is 13.2 Å². The molecule has 3 aromatic rings. The summed E-state index contributed by atoms with van der Waals surface area (Å²) in [6, 6.07) is 9.30. The molecule has 0 bridgehead atoms. The molecule has 0 radical (unpaired) electrons. The molecule has 8 nitrogen and oxygen atoms in total. The maximum Gasteiger partial charge on any atom is 0.199 e. The number of nitrogens with one attached hydrogen (secondary N) is 1. The second kappa shape index (κ2) is 10.7. The number of para-hydroxylation sites is 1. The highest BCUT2D eigenvalue weighted by Crippen LogP contribution is 2.35. The van der Waals surface area contributed by atoms with Crippen LogP contribution in [0.5, 0.6) is 11.5 Å². The SMILES string of the molecule is COc1cc2c(N=C(N)Nc3c(C)cccc3Cl)ncnc2cc1OCCCN1CCCC1. The molecule has 0 atom stereocenters. The molecule has 0 saturated carbocycles. The summed E-state index contributed by atoms with van der Waals surface area (Å²) in [7, 11) is 1.61. The lowest BCUT2D eigenvalue weighted by Gasteiger charge is -2.16. The number of hydrogen-bond donors (Lipinski definition) is 2. The Balaban J connectivity index is 1.52. The quantitative estimate of drug-likeness (QED) is 0.285. The van der Waals surface area contributed by atoms with Gasteiger partial charge < -0.3 is 25.4 Å². The van der Waals surface area contributed by atoms with Crippen LogP contribution in [0.1, 0.15) is 24.8 Å². The van der Waals surface area contributed by atoms with Gasteiger partial charge >= 0.3 is 0 Å². The van der Waals surface area contributed by atoms with Gasteiger partial charge in [0.2, 0.25) is 0 Å². The molecule has 3 N–H and O–H groups in total. The van der Waals surface area contributed by atoms with Gasteiger partial charge in [-0.15, -0.1) is 0 Å². The minimum absolute atomic E-state index is 0.174. The van der Waals surface area contributed by atoms with Crippen molar-refractivity contribution < 1.29 is 9.47 Å². The topological polar surface area (TPSA) is 97.9 Å². The Morgan fingerprint density at radius 2 is 2.03 bits per heavy atom. The highest BCUT2D eigenvalue weighted by molar-refractivity contribution is 6.34. The molecular formula is C24H29ClN6O2. The summed E-state index contributed by atoms with van der Waals surface area (Å²) in [5.74, 6) is 1.85. The van der Waals surface area contributed by atoms with Crippen molar-refractivity contribution in [1.29, 1.82) is 0 Å². The summed E-state index contributed by atoms with van der Waals surface area (Å²) < 4.78 is 11.6. The predicted molar refractivity (Wildman–Crippen MR) is 133 cm³/mol. The molecular weight excluding hydrogens is 440 g/mol. The Hall–Kier alpha value is -3.10. The number of halogens is 1. The number of methoxy groups -OCH3 is 1. The van der Waals surface area contributed by atoms with E-state index in [-0.39, 0.29) is 5.96 Å². The lowest BCUT2D eigenvalue weighted by molar-refractivity contribution is 0.254. The van der Waals surface area contributed by atoms with Gasteiger partial charge in [-0.2, -0.15) is 4.99 Å². The number of hydrogen-bond acceptors (Lipinski definition) is 6. The number of anilines is 1. The summed E-state index contributed by atoms with van der Waals surface area (Å²) in [5.41, 5.74) is 8.52. The van der Waals surface area contributed by atoms with Gasteiger partial charge in [0, 0.05) is 18.0 Å². The van der Waals surface area contributed by atoms with E-state index in [1.165, 1.54) is 32.3 Å². The third-order valence-electron chi connectivity index (χ3n) is 5.68. The summed E-state index contributed by atoms with van der Waals surface area (Å²) >= 11 is 6.29. The molecule has 1 fully saturated rings. The van der Waals surface area contributed by atoms with Crippen LogP contribution < -0.4 is 20.5 Å². The average Bonchev–Trinajstić information content (AvgIpc) is 3.32. The number of aromatic nitrogens is 2. The molecule has 1 aliphatic heterocycles. The zero-order chi connectivity index (χ0) is 23.2. The predicted octanol–water partition coefficient (Wildman–Crippen LogP) is 4.52. The first-order valence-corrected chi connectivity index (χ1v) is 11.5. The minimum Gasteiger partial charge on any atom is -0.493 e. The highest BCUT2D eigenvalue weighted by Gasteiger charge is 2.14. The number of fused-ring (bicyclic) bond motifs is 1. The zero-order valence-electron chi connectivity index (χ0n) is 19.0. The van der Waals surface area contributed by atoms with Crippen LogP contribution >= 0.6 is 11.6 Å². The molecule has 2 heterocycles. The average molecular weight is 469 g/mol. The first kappa shape index (κ1) is 23.1. The number of rotatable bonds is 8. The summed E-state index contributed by atoms with van der Waals surface area (Å²) in [6.45, 7) is 5.98. The van der Waals surface area contributed by atoms with Crippen LogP contribution in [-0.4, -0.2) is 54.2 Å². The van der Waals surface area contributed by atoms with Crippen LogP contribution in [0.15, 0.2) is 41.7 Å². The van der Waals surface area contributed by atoms with Crippen LogP contribution in [0.4, 0.5) is 11.5 Å². The molecule has 1 saturated heterocycles. The van der Waals surface area contributed by atoms with E-state index in [4.69, 9.17) is 26.8 Å². The summed E-state index contributed by atoms with van der Waals surface area (Å²) in [6.07, 6.45) is 5.01. The number of benzene rings is 2. The molecule has 1 aliphatic rings.